The number of nitrogens with zero attached hydrogens (tertiary/aromatic N) is 1. The van der Waals surface area contributed by atoms with E-state index in [2.05, 4.69) is 4.98 Å². The number of fused-ring (bicyclic) bond motifs is 1. The molecule has 0 aliphatic heterocycles. The van der Waals surface area contributed by atoms with Crippen LogP contribution in [0.5, 0.6) is 5.75 Å². The van der Waals surface area contributed by atoms with E-state index < -0.39 is 5.97 Å². The average molecular weight is 355 g/mol. The molecule has 0 saturated heterocycles. The molecule has 132 valence electrons. The number of hydrogen-bond acceptors (Lipinski definition) is 3. The lowest BCUT2D eigenvalue weighted by Gasteiger charge is -2.13. The predicted molar refractivity (Wildman–Crippen MR) is 105 cm³/mol. The molecule has 0 bridgehead atoms. The SMILES string of the molecule is O=C(O)c1ccc(-c2ccccc2)c(OCc2ccc3ccccc3n2)c1. The van der Waals surface area contributed by atoms with Gasteiger partial charge in [0.15, 0.2) is 0 Å². The van der Waals surface area contributed by atoms with Crippen LogP contribution in [0.4, 0.5) is 0 Å². The van der Waals surface area contributed by atoms with E-state index in [0.717, 1.165) is 27.7 Å². The fourth-order valence-corrected chi connectivity index (χ4v) is 2.97. The lowest BCUT2D eigenvalue weighted by Crippen LogP contribution is -2.02. The van der Waals surface area contributed by atoms with E-state index in [4.69, 9.17) is 4.74 Å². The van der Waals surface area contributed by atoms with Crippen LogP contribution in [0.15, 0.2) is 84.9 Å². The molecule has 0 radical (unpaired) electrons. The van der Waals surface area contributed by atoms with Gasteiger partial charge in [-0.25, -0.2) is 9.78 Å². The van der Waals surface area contributed by atoms with Crippen molar-refractivity contribution in [1.82, 2.24) is 4.98 Å². The average Bonchev–Trinajstić information content (AvgIpc) is 2.72. The standard InChI is InChI=1S/C23H17NO3/c25-23(26)18-11-13-20(16-6-2-1-3-7-16)22(14-18)27-15-19-12-10-17-8-4-5-9-21(17)24-19/h1-14H,15H2,(H,25,26). The maximum atomic E-state index is 11.4. The lowest BCUT2D eigenvalue weighted by molar-refractivity contribution is 0.0696. The molecule has 0 atom stereocenters. The van der Waals surface area contributed by atoms with Crippen LogP contribution in [-0.2, 0) is 6.61 Å². The Bertz CT molecular complexity index is 1110. The smallest absolute Gasteiger partial charge is 0.335 e. The van der Waals surface area contributed by atoms with E-state index in [-0.39, 0.29) is 12.2 Å². The molecule has 0 amide bonds. The summed E-state index contributed by atoms with van der Waals surface area (Å²) < 4.78 is 5.99. The minimum atomic E-state index is -0.983. The van der Waals surface area contributed by atoms with Crippen molar-refractivity contribution in [3.05, 3.63) is 96.2 Å². The summed E-state index contributed by atoms with van der Waals surface area (Å²) in [5, 5.41) is 10.4. The van der Waals surface area contributed by atoms with Crippen molar-refractivity contribution >= 4 is 16.9 Å². The molecule has 0 aliphatic carbocycles. The molecule has 1 heterocycles. The topological polar surface area (TPSA) is 59.4 Å². The van der Waals surface area contributed by atoms with Gasteiger partial charge in [-0.15, -0.1) is 0 Å². The van der Waals surface area contributed by atoms with Crippen molar-refractivity contribution in [2.24, 2.45) is 0 Å². The molecule has 0 unspecified atom stereocenters. The van der Waals surface area contributed by atoms with Crippen LogP contribution in [0.25, 0.3) is 22.0 Å². The number of pyridine rings is 1. The Kier molecular flexibility index (Phi) is 4.54. The number of para-hydroxylation sites is 1. The second-order valence-corrected chi connectivity index (χ2v) is 6.17. The number of carbonyl (C=O) groups is 1. The first-order valence-electron chi connectivity index (χ1n) is 8.61. The minimum absolute atomic E-state index is 0.191. The van der Waals surface area contributed by atoms with Crippen LogP contribution in [-0.4, -0.2) is 16.1 Å². The highest BCUT2D eigenvalue weighted by atomic mass is 16.5. The van der Waals surface area contributed by atoms with Gasteiger partial charge in [0, 0.05) is 10.9 Å². The molecule has 4 heteroatoms. The monoisotopic (exact) mass is 355 g/mol. The van der Waals surface area contributed by atoms with E-state index in [0.29, 0.717) is 5.75 Å². The Balaban J connectivity index is 1.66. The van der Waals surface area contributed by atoms with Crippen LogP contribution >= 0.6 is 0 Å². The number of aromatic nitrogens is 1. The normalized spacial score (nSPS) is 10.7. The second-order valence-electron chi connectivity index (χ2n) is 6.17. The van der Waals surface area contributed by atoms with E-state index in [9.17, 15) is 9.90 Å². The van der Waals surface area contributed by atoms with Crippen molar-refractivity contribution in [1.29, 1.82) is 0 Å². The van der Waals surface area contributed by atoms with Gasteiger partial charge in [0.05, 0.1) is 16.8 Å². The fourth-order valence-electron chi connectivity index (χ4n) is 2.97. The minimum Gasteiger partial charge on any atom is -0.487 e. The Morgan fingerprint density at radius 1 is 0.889 bits per heavy atom. The number of aromatic carboxylic acids is 1. The quantitative estimate of drug-likeness (QED) is 0.536. The molecule has 3 aromatic carbocycles. The van der Waals surface area contributed by atoms with Crippen LogP contribution < -0.4 is 4.74 Å². The fraction of sp³-hybridized carbons (Fsp3) is 0.0435. The number of carboxylic acid groups (broad SMARTS) is 1. The summed E-state index contributed by atoms with van der Waals surface area (Å²) in [7, 11) is 0. The van der Waals surface area contributed by atoms with Gasteiger partial charge in [0.25, 0.3) is 0 Å². The van der Waals surface area contributed by atoms with Crippen molar-refractivity contribution < 1.29 is 14.6 Å². The van der Waals surface area contributed by atoms with Crippen LogP contribution in [0.2, 0.25) is 0 Å². The molecular formula is C23H17NO3. The zero-order chi connectivity index (χ0) is 18.6. The molecule has 4 aromatic rings. The number of carboxylic acids is 1. The maximum Gasteiger partial charge on any atom is 0.335 e. The number of rotatable bonds is 5. The van der Waals surface area contributed by atoms with Crippen molar-refractivity contribution in [2.45, 2.75) is 6.61 Å². The summed E-state index contributed by atoms with van der Waals surface area (Å²) in [5.74, 6) is -0.459. The van der Waals surface area contributed by atoms with E-state index in [1.165, 1.54) is 0 Å². The van der Waals surface area contributed by atoms with Gasteiger partial charge >= 0.3 is 5.97 Å². The molecule has 27 heavy (non-hydrogen) atoms. The lowest BCUT2D eigenvalue weighted by atomic mass is 10.0. The summed E-state index contributed by atoms with van der Waals surface area (Å²) in [4.78, 5) is 16.0. The molecule has 0 aliphatic rings. The Labute approximate surface area is 156 Å². The van der Waals surface area contributed by atoms with Gasteiger partial charge in [-0.1, -0.05) is 54.6 Å². The van der Waals surface area contributed by atoms with Crippen LogP contribution in [0.3, 0.4) is 0 Å². The molecule has 1 aromatic heterocycles. The zero-order valence-corrected chi connectivity index (χ0v) is 14.5. The van der Waals surface area contributed by atoms with Crippen LogP contribution in [0, 0.1) is 0 Å². The van der Waals surface area contributed by atoms with Crippen LogP contribution in [0.1, 0.15) is 16.1 Å². The molecular weight excluding hydrogens is 338 g/mol. The van der Waals surface area contributed by atoms with Crippen molar-refractivity contribution in [3.63, 3.8) is 0 Å². The highest BCUT2D eigenvalue weighted by molar-refractivity contribution is 5.89. The molecule has 4 rings (SSSR count). The van der Waals surface area contributed by atoms with Gasteiger partial charge in [-0.05, 0) is 35.9 Å². The molecule has 0 saturated carbocycles. The summed E-state index contributed by atoms with van der Waals surface area (Å²) in [6.45, 7) is 0.258. The Morgan fingerprint density at radius 2 is 1.67 bits per heavy atom. The molecule has 0 spiro atoms. The third-order valence-corrected chi connectivity index (χ3v) is 4.35. The summed E-state index contributed by atoms with van der Waals surface area (Å²) in [6, 6.07) is 26.5. The third kappa shape index (κ3) is 3.65. The Hall–Kier alpha value is -3.66. The summed E-state index contributed by atoms with van der Waals surface area (Å²) >= 11 is 0. The summed E-state index contributed by atoms with van der Waals surface area (Å²) in [5.41, 5.74) is 3.70. The largest absolute Gasteiger partial charge is 0.487 e. The highest BCUT2D eigenvalue weighted by Gasteiger charge is 2.12. The maximum absolute atomic E-state index is 11.4. The predicted octanol–water partition coefficient (Wildman–Crippen LogP) is 5.18. The van der Waals surface area contributed by atoms with Gasteiger partial charge < -0.3 is 9.84 Å². The summed E-state index contributed by atoms with van der Waals surface area (Å²) in [6.07, 6.45) is 0. The Morgan fingerprint density at radius 3 is 2.48 bits per heavy atom. The van der Waals surface area contributed by atoms with Gasteiger partial charge in [0.1, 0.15) is 12.4 Å². The van der Waals surface area contributed by atoms with Crippen molar-refractivity contribution in [2.75, 3.05) is 0 Å². The van der Waals surface area contributed by atoms with E-state index in [1.54, 1.807) is 18.2 Å². The number of benzene rings is 3. The highest BCUT2D eigenvalue weighted by Crippen LogP contribution is 2.31. The van der Waals surface area contributed by atoms with Gasteiger partial charge in [-0.2, -0.15) is 0 Å². The van der Waals surface area contributed by atoms with Gasteiger partial charge in [0.2, 0.25) is 0 Å². The first-order valence-corrected chi connectivity index (χ1v) is 8.61. The zero-order valence-electron chi connectivity index (χ0n) is 14.5. The third-order valence-electron chi connectivity index (χ3n) is 4.35. The van der Waals surface area contributed by atoms with Gasteiger partial charge in [-0.3, -0.25) is 0 Å². The molecule has 1 N–H and O–H groups in total. The number of ether oxygens (including phenoxy) is 1. The second kappa shape index (κ2) is 7.30. The molecule has 4 nitrogen and oxygen atoms in total. The first kappa shape index (κ1) is 16.8. The number of hydrogen-bond donors (Lipinski definition) is 1. The van der Waals surface area contributed by atoms with Crippen molar-refractivity contribution in [3.8, 4) is 16.9 Å². The molecule has 0 fully saturated rings. The van der Waals surface area contributed by atoms with E-state index in [1.807, 2.05) is 66.7 Å². The first-order chi connectivity index (χ1) is 13.2. The van der Waals surface area contributed by atoms with E-state index >= 15 is 0 Å².